The average molecular weight is 483 g/mol. The van der Waals surface area contributed by atoms with E-state index in [9.17, 15) is 0 Å². The van der Waals surface area contributed by atoms with Crippen molar-refractivity contribution >= 4 is 23.4 Å². The van der Waals surface area contributed by atoms with Gasteiger partial charge in [0.05, 0.1) is 31.7 Å². The number of rotatable bonds is 8. The third-order valence-corrected chi connectivity index (χ3v) is 6.65. The number of halogens is 1. The minimum atomic E-state index is 0.161. The van der Waals surface area contributed by atoms with Gasteiger partial charge in [0.25, 0.3) is 0 Å². The number of methoxy groups -OCH3 is 1. The van der Waals surface area contributed by atoms with Gasteiger partial charge in [-0.1, -0.05) is 35.5 Å². The quantitative estimate of drug-likeness (QED) is 0.297. The van der Waals surface area contributed by atoms with Crippen LogP contribution in [0.3, 0.4) is 0 Å². The Morgan fingerprint density at radius 3 is 2.79 bits per heavy atom. The van der Waals surface area contributed by atoms with E-state index in [1.807, 2.05) is 48.5 Å². The van der Waals surface area contributed by atoms with Gasteiger partial charge in [0, 0.05) is 22.8 Å². The molecule has 170 valence electrons. The van der Waals surface area contributed by atoms with E-state index < -0.39 is 0 Å². The minimum Gasteiger partial charge on any atom is -0.497 e. The largest absolute Gasteiger partial charge is 0.497 e. The predicted octanol–water partition coefficient (Wildman–Crippen LogP) is 5.73. The molecule has 1 fully saturated rings. The monoisotopic (exact) mass is 482 g/mol. The molecule has 2 aromatic heterocycles. The second-order valence-electron chi connectivity index (χ2n) is 7.70. The molecule has 5 rings (SSSR count). The fraction of sp³-hybridized carbons (Fsp3) is 0.292. The van der Waals surface area contributed by atoms with Gasteiger partial charge in [-0.25, -0.2) is 4.98 Å². The Hall–Kier alpha value is -2.81. The first kappa shape index (κ1) is 22.0. The maximum Gasteiger partial charge on any atom is 0.205 e. The Labute approximate surface area is 201 Å². The first-order chi connectivity index (χ1) is 16.2. The first-order valence-electron chi connectivity index (χ1n) is 10.7. The number of benzene rings is 2. The molecule has 0 saturated carbocycles. The van der Waals surface area contributed by atoms with Gasteiger partial charge >= 0.3 is 0 Å². The second-order valence-corrected chi connectivity index (χ2v) is 9.08. The number of hydrogen-bond acceptors (Lipinski definition) is 7. The zero-order valence-electron chi connectivity index (χ0n) is 18.1. The maximum absolute atomic E-state index is 6.10. The zero-order chi connectivity index (χ0) is 22.6. The fourth-order valence-corrected chi connectivity index (χ4v) is 4.78. The van der Waals surface area contributed by atoms with E-state index in [2.05, 4.69) is 19.7 Å². The van der Waals surface area contributed by atoms with Crippen LogP contribution in [0.2, 0.25) is 5.02 Å². The van der Waals surface area contributed by atoms with E-state index in [0.717, 1.165) is 47.3 Å². The van der Waals surface area contributed by atoms with Crippen LogP contribution in [0.4, 0.5) is 0 Å². The molecule has 9 heteroatoms. The van der Waals surface area contributed by atoms with Crippen LogP contribution in [0, 0.1) is 0 Å². The van der Waals surface area contributed by atoms with E-state index in [4.69, 9.17) is 25.5 Å². The predicted molar refractivity (Wildman–Crippen MR) is 127 cm³/mol. The maximum atomic E-state index is 6.10. The molecular weight excluding hydrogens is 460 g/mol. The molecule has 4 aromatic rings. The number of ether oxygens (including phenoxy) is 2. The summed E-state index contributed by atoms with van der Waals surface area (Å²) in [6.45, 7) is 1.51. The van der Waals surface area contributed by atoms with Crippen molar-refractivity contribution in [3.63, 3.8) is 0 Å². The highest BCUT2D eigenvalue weighted by molar-refractivity contribution is 7.98. The molecule has 2 aromatic carbocycles. The van der Waals surface area contributed by atoms with E-state index >= 15 is 0 Å². The summed E-state index contributed by atoms with van der Waals surface area (Å²) in [6.07, 6.45) is 4.00. The van der Waals surface area contributed by atoms with Gasteiger partial charge in [-0.05, 0) is 49.2 Å². The van der Waals surface area contributed by atoms with E-state index in [-0.39, 0.29) is 6.10 Å². The highest BCUT2D eigenvalue weighted by Crippen LogP contribution is 2.30. The van der Waals surface area contributed by atoms with Gasteiger partial charge < -0.3 is 13.9 Å². The van der Waals surface area contributed by atoms with E-state index in [0.29, 0.717) is 29.0 Å². The minimum absolute atomic E-state index is 0.161. The lowest BCUT2D eigenvalue weighted by Gasteiger charge is -2.14. The van der Waals surface area contributed by atoms with Crippen LogP contribution in [0.1, 0.15) is 18.7 Å². The Kier molecular flexibility index (Phi) is 6.66. The van der Waals surface area contributed by atoms with Gasteiger partial charge in [0.2, 0.25) is 5.89 Å². The molecule has 0 bridgehead atoms. The molecular formula is C24H23ClN4O3S. The number of nitrogens with zero attached hydrogens (tertiary/aromatic N) is 4. The Bertz CT molecular complexity index is 1220. The third kappa shape index (κ3) is 5.08. The van der Waals surface area contributed by atoms with E-state index in [1.54, 1.807) is 25.1 Å². The first-order valence-corrected chi connectivity index (χ1v) is 12.1. The van der Waals surface area contributed by atoms with E-state index in [1.165, 1.54) is 0 Å². The van der Waals surface area contributed by atoms with Gasteiger partial charge in [-0.2, -0.15) is 0 Å². The highest BCUT2D eigenvalue weighted by Gasteiger charge is 2.22. The lowest BCUT2D eigenvalue weighted by Crippen LogP contribution is -2.16. The van der Waals surface area contributed by atoms with Crippen LogP contribution in [-0.2, 0) is 17.0 Å². The molecule has 0 amide bonds. The van der Waals surface area contributed by atoms with Crippen molar-refractivity contribution in [3.8, 4) is 28.5 Å². The standard InChI is InChI=1S/C24H23ClN4O3S/c1-30-19-9-7-16(8-10-19)23-27-28-24(29(23)14-20-6-3-11-31-20)33-15-22-26-13-21(32-22)17-4-2-5-18(25)12-17/h2,4-5,7-10,12-13,20H,3,6,11,14-15H2,1H3. The molecule has 0 spiro atoms. The van der Waals surface area contributed by atoms with Crippen LogP contribution < -0.4 is 4.74 Å². The van der Waals surface area contributed by atoms with Crippen molar-refractivity contribution in [2.75, 3.05) is 13.7 Å². The van der Waals surface area contributed by atoms with Crippen LogP contribution in [-0.4, -0.2) is 39.6 Å². The third-order valence-electron chi connectivity index (χ3n) is 5.46. The number of thioether (sulfide) groups is 1. The molecule has 1 aliphatic rings. The Morgan fingerprint density at radius 1 is 1.15 bits per heavy atom. The highest BCUT2D eigenvalue weighted by atomic mass is 35.5. The normalized spacial score (nSPS) is 15.8. The van der Waals surface area contributed by atoms with Crippen molar-refractivity contribution in [1.82, 2.24) is 19.7 Å². The van der Waals surface area contributed by atoms with Crippen molar-refractivity contribution in [3.05, 3.63) is 65.6 Å². The Balaban J connectivity index is 1.36. The van der Waals surface area contributed by atoms with Gasteiger partial charge in [0.15, 0.2) is 16.7 Å². The van der Waals surface area contributed by atoms with Gasteiger partial charge in [0.1, 0.15) is 5.75 Å². The van der Waals surface area contributed by atoms with Crippen LogP contribution in [0.5, 0.6) is 5.75 Å². The average Bonchev–Trinajstić information content (AvgIpc) is 3.60. The molecule has 3 heterocycles. The van der Waals surface area contributed by atoms with Crippen molar-refractivity contribution in [2.45, 2.75) is 36.4 Å². The second kappa shape index (κ2) is 9.99. The summed E-state index contributed by atoms with van der Waals surface area (Å²) in [5, 5.41) is 10.4. The van der Waals surface area contributed by atoms with Gasteiger partial charge in [-0.3, -0.25) is 4.57 Å². The molecule has 1 saturated heterocycles. The smallest absolute Gasteiger partial charge is 0.205 e. The molecule has 1 aliphatic heterocycles. The topological polar surface area (TPSA) is 75.2 Å². The molecule has 0 radical (unpaired) electrons. The van der Waals surface area contributed by atoms with Gasteiger partial charge in [-0.15, -0.1) is 10.2 Å². The Morgan fingerprint density at radius 2 is 2.03 bits per heavy atom. The summed E-state index contributed by atoms with van der Waals surface area (Å²) in [6, 6.07) is 15.4. The molecule has 0 N–H and O–H groups in total. The summed E-state index contributed by atoms with van der Waals surface area (Å²) in [5.41, 5.74) is 1.88. The lowest BCUT2D eigenvalue weighted by molar-refractivity contribution is 0.0953. The zero-order valence-corrected chi connectivity index (χ0v) is 19.7. The summed E-state index contributed by atoms with van der Waals surface area (Å²) >= 11 is 7.64. The number of oxazole rings is 1. The van der Waals surface area contributed by atoms with Crippen LogP contribution in [0.15, 0.2) is 64.3 Å². The number of aromatic nitrogens is 4. The summed E-state index contributed by atoms with van der Waals surface area (Å²) in [7, 11) is 1.66. The van der Waals surface area contributed by atoms with Crippen LogP contribution >= 0.6 is 23.4 Å². The van der Waals surface area contributed by atoms with Crippen molar-refractivity contribution in [1.29, 1.82) is 0 Å². The SMILES string of the molecule is COc1ccc(-c2nnc(SCc3ncc(-c4cccc(Cl)c4)o3)n2CC2CCCO2)cc1. The van der Waals surface area contributed by atoms with Crippen molar-refractivity contribution < 1.29 is 13.9 Å². The molecule has 1 atom stereocenters. The molecule has 33 heavy (non-hydrogen) atoms. The summed E-state index contributed by atoms with van der Waals surface area (Å²) < 4.78 is 19.2. The fourth-order valence-electron chi connectivity index (χ4n) is 3.78. The summed E-state index contributed by atoms with van der Waals surface area (Å²) in [4.78, 5) is 4.43. The number of hydrogen-bond donors (Lipinski definition) is 0. The molecule has 7 nitrogen and oxygen atoms in total. The molecule has 1 unspecified atom stereocenters. The summed E-state index contributed by atoms with van der Waals surface area (Å²) in [5.74, 6) is 3.45. The van der Waals surface area contributed by atoms with Crippen molar-refractivity contribution in [2.24, 2.45) is 0 Å². The van der Waals surface area contributed by atoms with Crippen LogP contribution in [0.25, 0.3) is 22.7 Å². The molecule has 0 aliphatic carbocycles. The lowest BCUT2D eigenvalue weighted by atomic mass is 10.2.